The number of aromatic nitrogens is 1. The lowest BCUT2D eigenvalue weighted by atomic mass is 10.1. The lowest BCUT2D eigenvalue weighted by molar-refractivity contribution is 0.0937. The van der Waals surface area contributed by atoms with E-state index in [1.165, 1.54) is 6.92 Å². The second-order valence-corrected chi connectivity index (χ2v) is 5.32. The number of hydrogen-bond donors (Lipinski definition) is 2. The predicted octanol–water partition coefficient (Wildman–Crippen LogP) is 3.17. The number of Topliss-reactive ketones (excluding diaryl/α,β-unsaturated/α-hetero) is 1. The van der Waals surface area contributed by atoms with Crippen LogP contribution >= 0.6 is 0 Å². The number of benzene rings is 1. The molecule has 1 heterocycles. The molecule has 2 N–H and O–H groups in total. The molecule has 1 aromatic heterocycles. The van der Waals surface area contributed by atoms with Crippen molar-refractivity contribution in [3.05, 3.63) is 53.9 Å². The minimum atomic E-state index is -0.188. The molecule has 0 radical (unpaired) electrons. The molecule has 0 unspecified atom stereocenters. The number of amides is 1. The normalized spacial score (nSPS) is 10.4. The van der Waals surface area contributed by atoms with Crippen molar-refractivity contribution in [2.24, 2.45) is 0 Å². The van der Waals surface area contributed by atoms with Crippen molar-refractivity contribution in [1.82, 2.24) is 10.3 Å². The van der Waals surface area contributed by atoms with Crippen molar-refractivity contribution in [3.63, 3.8) is 0 Å². The molecule has 1 aromatic carbocycles. The summed E-state index contributed by atoms with van der Waals surface area (Å²) in [6.45, 7) is 5.34. The topological polar surface area (TPSA) is 71.1 Å². The number of nitrogens with zero attached hydrogens (tertiary/aromatic N) is 1. The van der Waals surface area contributed by atoms with Gasteiger partial charge in [-0.15, -0.1) is 0 Å². The summed E-state index contributed by atoms with van der Waals surface area (Å²) in [4.78, 5) is 27.2. The SMILES string of the molecule is CC(=O)c1ccc(Nc2ccc(C(=O)NC(C)C)nc2)cc1. The van der Waals surface area contributed by atoms with Gasteiger partial charge in [0.05, 0.1) is 11.9 Å². The molecule has 0 bridgehead atoms. The van der Waals surface area contributed by atoms with Gasteiger partial charge in [-0.2, -0.15) is 0 Å². The third-order valence-electron chi connectivity index (χ3n) is 3.00. The van der Waals surface area contributed by atoms with Crippen molar-refractivity contribution >= 4 is 23.1 Å². The smallest absolute Gasteiger partial charge is 0.270 e. The summed E-state index contributed by atoms with van der Waals surface area (Å²) in [6, 6.07) is 10.7. The molecule has 1 amide bonds. The van der Waals surface area contributed by atoms with E-state index in [4.69, 9.17) is 0 Å². The average molecular weight is 297 g/mol. The number of pyridine rings is 1. The lowest BCUT2D eigenvalue weighted by Gasteiger charge is -2.09. The summed E-state index contributed by atoms with van der Waals surface area (Å²) in [7, 11) is 0. The van der Waals surface area contributed by atoms with Crippen molar-refractivity contribution in [1.29, 1.82) is 0 Å². The van der Waals surface area contributed by atoms with E-state index in [1.807, 2.05) is 26.0 Å². The largest absolute Gasteiger partial charge is 0.354 e. The molecule has 5 heteroatoms. The summed E-state index contributed by atoms with van der Waals surface area (Å²) in [5.74, 6) is -0.152. The monoisotopic (exact) mass is 297 g/mol. The molecule has 114 valence electrons. The van der Waals surface area contributed by atoms with E-state index < -0.39 is 0 Å². The minimum Gasteiger partial charge on any atom is -0.354 e. The Balaban J connectivity index is 2.04. The second-order valence-electron chi connectivity index (χ2n) is 5.32. The fourth-order valence-electron chi connectivity index (χ4n) is 1.89. The molecule has 0 aliphatic rings. The van der Waals surface area contributed by atoms with Gasteiger partial charge in [-0.25, -0.2) is 4.98 Å². The van der Waals surface area contributed by atoms with Gasteiger partial charge >= 0.3 is 0 Å². The van der Waals surface area contributed by atoms with Crippen LogP contribution in [0.25, 0.3) is 0 Å². The highest BCUT2D eigenvalue weighted by Crippen LogP contribution is 2.16. The Bertz CT molecular complexity index is 661. The molecule has 0 atom stereocenters. The van der Waals surface area contributed by atoms with Gasteiger partial charge < -0.3 is 10.6 Å². The highest BCUT2D eigenvalue weighted by molar-refractivity contribution is 5.94. The van der Waals surface area contributed by atoms with E-state index in [1.54, 1.807) is 30.5 Å². The number of hydrogen-bond acceptors (Lipinski definition) is 4. The first-order valence-corrected chi connectivity index (χ1v) is 7.10. The molecule has 22 heavy (non-hydrogen) atoms. The summed E-state index contributed by atoms with van der Waals surface area (Å²) >= 11 is 0. The van der Waals surface area contributed by atoms with Crippen LogP contribution in [0.3, 0.4) is 0 Å². The lowest BCUT2D eigenvalue weighted by Crippen LogP contribution is -2.30. The van der Waals surface area contributed by atoms with Gasteiger partial charge in [0, 0.05) is 17.3 Å². The molecule has 5 nitrogen and oxygen atoms in total. The highest BCUT2D eigenvalue weighted by atomic mass is 16.2. The van der Waals surface area contributed by atoms with Gasteiger partial charge in [-0.05, 0) is 57.2 Å². The number of anilines is 2. The second kappa shape index (κ2) is 6.85. The van der Waals surface area contributed by atoms with E-state index in [0.29, 0.717) is 11.3 Å². The van der Waals surface area contributed by atoms with Crippen LogP contribution in [0.2, 0.25) is 0 Å². The molecule has 2 aromatic rings. The van der Waals surface area contributed by atoms with E-state index in [2.05, 4.69) is 15.6 Å². The summed E-state index contributed by atoms with van der Waals surface area (Å²) in [6.07, 6.45) is 1.61. The van der Waals surface area contributed by atoms with Crippen molar-refractivity contribution in [3.8, 4) is 0 Å². The standard InChI is InChI=1S/C17H19N3O2/c1-11(2)19-17(22)16-9-8-15(10-18-16)20-14-6-4-13(5-7-14)12(3)21/h4-11,20H,1-3H3,(H,19,22). The van der Waals surface area contributed by atoms with E-state index in [-0.39, 0.29) is 17.7 Å². The number of nitrogens with one attached hydrogen (secondary N) is 2. The zero-order chi connectivity index (χ0) is 16.1. The Morgan fingerprint density at radius 3 is 2.14 bits per heavy atom. The van der Waals surface area contributed by atoms with E-state index in [0.717, 1.165) is 11.4 Å². The Hall–Kier alpha value is -2.69. The number of carbonyl (C=O) groups excluding carboxylic acids is 2. The van der Waals surface area contributed by atoms with Crippen molar-refractivity contribution in [2.45, 2.75) is 26.8 Å². The third-order valence-corrected chi connectivity index (χ3v) is 3.00. The fraction of sp³-hybridized carbons (Fsp3) is 0.235. The van der Waals surface area contributed by atoms with Crippen LogP contribution in [0.4, 0.5) is 11.4 Å². The summed E-state index contributed by atoms with van der Waals surface area (Å²) < 4.78 is 0. The van der Waals surface area contributed by atoms with Crippen LogP contribution in [0.1, 0.15) is 41.6 Å². The predicted molar refractivity (Wildman–Crippen MR) is 86.6 cm³/mol. The van der Waals surface area contributed by atoms with E-state index >= 15 is 0 Å². The Morgan fingerprint density at radius 1 is 1.00 bits per heavy atom. The van der Waals surface area contributed by atoms with Gasteiger partial charge in [0.25, 0.3) is 5.91 Å². The molecule has 0 saturated carbocycles. The molecule has 0 aliphatic carbocycles. The van der Waals surface area contributed by atoms with Gasteiger partial charge in [-0.3, -0.25) is 9.59 Å². The average Bonchev–Trinajstić information content (AvgIpc) is 2.48. The molecule has 0 aliphatic heterocycles. The Labute approximate surface area is 129 Å². The van der Waals surface area contributed by atoms with Crippen LogP contribution in [0.5, 0.6) is 0 Å². The minimum absolute atomic E-state index is 0.0359. The van der Waals surface area contributed by atoms with Crippen LogP contribution in [0.15, 0.2) is 42.6 Å². The molecule has 0 spiro atoms. The maximum absolute atomic E-state index is 11.8. The van der Waals surface area contributed by atoms with Crippen LogP contribution in [-0.2, 0) is 0 Å². The quantitative estimate of drug-likeness (QED) is 0.832. The van der Waals surface area contributed by atoms with E-state index in [9.17, 15) is 9.59 Å². The third kappa shape index (κ3) is 4.15. The first kappa shape index (κ1) is 15.7. The number of ketones is 1. The number of carbonyl (C=O) groups is 2. The Morgan fingerprint density at radius 2 is 1.64 bits per heavy atom. The molecule has 0 saturated heterocycles. The Kier molecular flexibility index (Phi) is 4.88. The van der Waals surface area contributed by atoms with Gasteiger partial charge in [0.2, 0.25) is 0 Å². The maximum atomic E-state index is 11.8. The summed E-state index contributed by atoms with van der Waals surface area (Å²) in [5.41, 5.74) is 2.68. The van der Waals surface area contributed by atoms with Crippen LogP contribution in [0, 0.1) is 0 Å². The van der Waals surface area contributed by atoms with Crippen LogP contribution < -0.4 is 10.6 Å². The van der Waals surface area contributed by atoms with Crippen LogP contribution in [-0.4, -0.2) is 22.7 Å². The zero-order valence-corrected chi connectivity index (χ0v) is 12.9. The first-order valence-electron chi connectivity index (χ1n) is 7.10. The van der Waals surface area contributed by atoms with Gasteiger partial charge in [-0.1, -0.05) is 0 Å². The number of rotatable bonds is 5. The first-order chi connectivity index (χ1) is 10.5. The summed E-state index contributed by atoms with van der Waals surface area (Å²) in [5, 5.41) is 5.96. The fourth-order valence-corrected chi connectivity index (χ4v) is 1.89. The van der Waals surface area contributed by atoms with Crippen molar-refractivity contribution in [2.75, 3.05) is 5.32 Å². The van der Waals surface area contributed by atoms with Crippen molar-refractivity contribution < 1.29 is 9.59 Å². The zero-order valence-electron chi connectivity index (χ0n) is 12.9. The molecule has 2 rings (SSSR count). The van der Waals surface area contributed by atoms with Gasteiger partial charge in [0.1, 0.15) is 5.69 Å². The highest BCUT2D eigenvalue weighted by Gasteiger charge is 2.08. The molecular formula is C17H19N3O2. The molecular weight excluding hydrogens is 278 g/mol. The van der Waals surface area contributed by atoms with Gasteiger partial charge in [0.15, 0.2) is 5.78 Å². The molecule has 0 fully saturated rings. The maximum Gasteiger partial charge on any atom is 0.270 e.